The molecular weight excluding hydrogens is 504 g/mol. The Hall–Kier alpha value is -5.28. The standard InChI is InChI=1S/C38H28O3/c1-26-10-18-30(19-11-26)40-31-20-12-27(13-21-31)38(36-8-4-2-6-34(36)35-7-3-5-9-37(35)38)28-14-22-32(23-15-28)41-33-24-16-29(39)17-25-33/h2-25,39H,1H3. The second kappa shape index (κ2) is 10.0. The van der Waals surface area contributed by atoms with Gasteiger partial charge in [-0.15, -0.1) is 0 Å². The highest BCUT2D eigenvalue weighted by Crippen LogP contribution is 2.56. The van der Waals surface area contributed by atoms with E-state index in [2.05, 4.69) is 104 Å². The molecule has 0 saturated heterocycles. The third-order valence-corrected chi connectivity index (χ3v) is 7.86. The third-order valence-electron chi connectivity index (χ3n) is 7.86. The first-order chi connectivity index (χ1) is 20.1. The Morgan fingerprint density at radius 3 is 1.24 bits per heavy atom. The molecule has 0 unspecified atom stereocenters. The Balaban J connectivity index is 1.34. The third kappa shape index (κ3) is 4.32. The van der Waals surface area contributed by atoms with Gasteiger partial charge >= 0.3 is 0 Å². The van der Waals surface area contributed by atoms with Crippen LogP contribution in [-0.4, -0.2) is 5.11 Å². The van der Waals surface area contributed by atoms with Crippen LogP contribution in [0.1, 0.15) is 27.8 Å². The molecule has 7 rings (SSSR count). The fourth-order valence-electron chi connectivity index (χ4n) is 5.96. The number of fused-ring (bicyclic) bond motifs is 3. The van der Waals surface area contributed by atoms with E-state index >= 15 is 0 Å². The molecule has 0 saturated carbocycles. The lowest BCUT2D eigenvalue weighted by molar-refractivity contribution is 0.464. The summed E-state index contributed by atoms with van der Waals surface area (Å²) in [5, 5.41) is 9.61. The van der Waals surface area contributed by atoms with Gasteiger partial charge in [-0.05, 0) is 101 Å². The van der Waals surface area contributed by atoms with Crippen molar-refractivity contribution in [2.75, 3.05) is 0 Å². The summed E-state index contributed by atoms with van der Waals surface area (Å²) in [5.41, 5.74) is 8.00. The van der Waals surface area contributed by atoms with Gasteiger partial charge in [0, 0.05) is 0 Å². The van der Waals surface area contributed by atoms with E-state index in [1.807, 2.05) is 24.3 Å². The lowest BCUT2D eigenvalue weighted by atomic mass is 9.68. The molecule has 6 aromatic rings. The van der Waals surface area contributed by atoms with Gasteiger partial charge in [0.15, 0.2) is 0 Å². The Labute approximate surface area is 239 Å². The summed E-state index contributed by atoms with van der Waals surface area (Å²) >= 11 is 0. The molecule has 3 heteroatoms. The highest BCUT2D eigenvalue weighted by atomic mass is 16.5. The molecule has 1 N–H and O–H groups in total. The van der Waals surface area contributed by atoms with Gasteiger partial charge in [-0.1, -0.05) is 90.5 Å². The van der Waals surface area contributed by atoms with Crippen molar-refractivity contribution in [1.82, 2.24) is 0 Å². The summed E-state index contributed by atoms with van der Waals surface area (Å²) < 4.78 is 12.3. The topological polar surface area (TPSA) is 38.7 Å². The van der Waals surface area contributed by atoms with Crippen molar-refractivity contribution in [3.8, 4) is 39.9 Å². The number of phenols is 1. The normalized spacial score (nSPS) is 12.8. The molecule has 0 atom stereocenters. The second-order valence-electron chi connectivity index (χ2n) is 10.4. The van der Waals surface area contributed by atoms with Crippen LogP contribution in [0.5, 0.6) is 28.7 Å². The Kier molecular flexibility index (Phi) is 6.06. The molecule has 0 aromatic heterocycles. The molecule has 41 heavy (non-hydrogen) atoms. The number of phenolic OH excluding ortho intramolecular Hbond substituents is 1. The molecule has 0 fully saturated rings. The molecule has 1 aliphatic carbocycles. The lowest BCUT2D eigenvalue weighted by Gasteiger charge is -2.34. The van der Waals surface area contributed by atoms with E-state index in [9.17, 15) is 5.11 Å². The number of rotatable bonds is 6. The van der Waals surface area contributed by atoms with Crippen LogP contribution in [0.3, 0.4) is 0 Å². The Bertz CT molecular complexity index is 1680. The van der Waals surface area contributed by atoms with E-state index in [1.54, 1.807) is 24.3 Å². The fourth-order valence-corrected chi connectivity index (χ4v) is 5.96. The van der Waals surface area contributed by atoms with E-state index in [1.165, 1.54) is 33.4 Å². The van der Waals surface area contributed by atoms with Crippen LogP contribution in [0.2, 0.25) is 0 Å². The van der Waals surface area contributed by atoms with Crippen molar-refractivity contribution in [1.29, 1.82) is 0 Å². The van der Waals surface area contributed by atoms with Gasteiger partial charge in [0.1, 0.15) is 28.7 Å². The molecule has 3 nitrogen and oxygen atoms in total. The van der Waals surface area contributed by atoms with Crippen molar-refractivity contribution in [2.24, 2.45) is 0 Å². The number of hydrogen-bond acceptors (Lipinski definition) is 3. The number of hydrogen-bond donors (Lipinski definition) is 1. The number of ether oxygens (including phenoxy) is 2. The molecule has 1 aliphatic rings. The first kappa shape index (κ1) is 24.7. The van der Waals surface area contributed by atoms with Crippen LogP contribution in [0, 0.1) is 6.92 Å². The van der Waals surface area contributed by atoms with Gasteiger partial charge < -0.3 is 14.6 Å². The minimum atomic E-state index is -0.507. The van der Waals surface area contributed by atoms with Crippen LogP contribution in [-0.2, 0) is 5.41 Å². The van der Waals surface area contributed by atoms with Crippen molar-refractivity contribution in [2.45, 2.75) is 12.3 Å². The van der Waals surface area contributed by atoms with Gasteiger partial charge in [0.25, 0.3) is 0 Å². The maximum Gasteiger partial charge on any atom is 0.127 e. The first-order valence-corrected chi connectivity index (χ1v) is 13.7. The molecule has 0 radical (unpaired) electrons. The van der Waals surface area contributed by atoms with Gasteiger partial charge in [-0.25, -0.2) is 0 Å². The predicted molar refractivity (Wildman–Crippen MR) is 163 cm³/mol. The van der Waals surface area contributed by atoms with Gasteiger partial charge in [-0.3, -0.25) is 0 Å². The van der Waals surface area contributed by atoms with Gasteiger partial charge in [0.2, 0.25) is 0 Å². The van der Waals surface area contributed by atoms with Crippen LogP contribution in [0.15, 0.2) is 146 Å². The maximum absolute atomic E-state index is 9.61. The SMILES string of the molecule is Cc1ccc(Oc2ccc(C3(c4ccc(Oc5ccc(O)cc5)cc4)c4ccccc4-c4ccccc43)cc2)cc1. The van der Waals surface area contributed by atoms with E-state index in [0.29, 0.717) is 5.75 Å². The zero-order valence-corrected chi connectivity index (χ0v) is 22.6. The zero-order valence-electron chi connectivity index (χ0n) is 22.6. The summed E-state index contributed by atoms with van der Waals surface area (Å²) in [4.78, 5) is 0. The fraction of sp³-hybridized carbons (Fsp3) is 0.0526. The monoisotopic (exact) mass is 532 g/mol. The van der Waals surface area contributed by atoms with E-state index in [0.717, 1.165) is 22.8 Å². The largest absolute Gasteiger partial charge is 0.508 e. The van der Waals surface area contributed by atoms with Gasteiger partial charge in [-0.2, -0.15) is 0 Å². The number of aromatic hydroxyl groups is 1. The molecule has 0 amide bonds. The van der Waals surface area contributed by atoms with Crippen molar-refractivity contribution < 1.29 is 14.6 Å². The smallest absolute Gasteiger partial charge is 0.127 e. The van der Waals surface area contributed by atoms with E-state index < -0.39 is 5.41 Å². The molecule has 6 aromatic carbocycles. The van der Waals surface area contributed by atoms with Crippen molar-refractivity contribution in [3.63, 3.8) is 0 Å². The summed E-state index contributed by atoms with van der Waals surface area (Å²) in [6.45, 7) is 2.07. The maximum atomic E-state index is 9.61. The summed E-state index contributed by atoms with van der Waals surface area (Å²) in [7, 11) is 0. The van der Waals surface area contributed by atoms with Crippen LogP contribution in [0.25, 0.3) is 11.1 Å². The summed E-state index contributed by atoms with van der Waals surface area (Å²) in [6, 6.07) is 49.1. The molecule has 0 spiro atoms. The number of benzene rings is 6. The van der Waals surface area contributed by atoms with Crippen molar-refractivity contribution >= 4 is 0 Å². The molecule has 0 heterocycles. The highest BCUT2D eigenvalue weighted by molar-refractivity contribution is 5.86. The van der Waals surface area contributed by atoms with Crippen LogP contribution in [0.4, 0.5) is 0 Å². The molecule has 0 bridgehead atoms. The Morgan fingerprint density at radius 2 is 0.805 bits per heavy atom. The highest BCUT2D eigenvalue weighted by Gasteiger charge is 2.45. The molecule has 198 valence electrons. The minimum absolute atomic E-state index is 0.212. The lowest BCUT2D eigenvalue weighted by Crippen LogP contribution is -2.28. The van der Waals surface area contributed by atoms with Crippen molar-refractivity contribution in [3.05, 3.63) is 173 Å². The Morgan fingerprint density at radius 1 is 0.439 bits per heavy atom. The molecule has 0 aliphatic heterocycles. The second-order valence-corrected chi connectivity index (χ2v) is 10.4. The summed E-state index contributed by atoms with van der Waals surface area (Å²) in [6.07, 6.45) is 0. The van der Waals surface area contributed by atoms with Crippen LogP contribution >= 0.6 is 0 Å². The predicted octanol–water partition coefficient (Wildman–Crippen LogP) is 9.65. The summed E-state index contributed by atoms with van der Waals surface area (Å²) in [5.74, 6) is 3.23. The molecular formula is C38H28O3. The van der Waals surface area contributed by atoms with Gasteiger partial charge in [0.05, 0.1) is 5.41 Å². The average molecular weight is 533 g/mol. The zero-order chi connectivity index (χ0) is 27.8. The average Bonchev–Trinajstić information content (AvgIpc) is 3.32. The van der Waals surface area contributed by atoms with E-state index in [-0.39, 0.29) is 5.75 Å². The number of aryl methyl sites for hydroxylation is 1. The van der Waals surface area contributed by atoms with E-state index in [4.69, 9.17) is 9.47 Å². The quantitative estimate of drug-likeness (QED) is 0.232. The minimum Gasteiger partial charge on any atom is -0.508 e. The first-order valence-electron chi connectivity index (χ1n) is 13.7. The van der Waals surface area contributed by atoms with Crippen LogP contribution < -0.4 is 9.47 Å².